The third-order valence-corrected chi connectivity index (χ3v) is 4.93. The molecule has 1 heteroatoms. The van der Waals surface area contributed by atoms with Gasteiger partial charge in [0.1, 0.15) is 0 Å². The predicted molar refractivity (Wildman–Crippen MR) is 93.4 cm³/mol. The second-order valence-corrected chi connectivity index (χ2v) is 7.32. The summed E-state index contributed by atoms with van der Waals surface area (Å²) in [5.41, 5.74) is 6.55. The molecule has 0 aliphatic heterocycles. The summed E-state index contributed by atoms with van der Waals surface area (Å²) in [6.07, 6.45) is 12.8. The summed E-state index contributed by atoms with van der Waals surface area (Å²) in [5.74, 6) is 0. The lowest BCUT2D eigenvalue weighted by Gasteiger charge is -2.35. The fraction of sp³-hybridized carbons (Fsp3) is 0.700. The first-order valence-corrected chi connectivity index (χ1v) is 8.48. The zero-order valence-electron chi connectivity index (χ0n) is 14.8. The molecule has 0 saturated carbocycles. The van der Waals surface area contributed by atoms with Crippen molar-refractivity contribution >= 4 is 0 Å². The van der Waals surface area contributed by atoms with Gasteiger partial charge < -0.3 is 5.11 Å². The molecule has 0 saturated heterocycles. The summed E-state index contributed by atoms with van der Waals surface area (Å²) in [6.45, 7) is 11.7. The fourth-order valence-electron chi connectivity index (χ4n) is 3.46. The third-order valence-electron chi connectivity index (χ3n) is 4.93. The van der Waals surface area contributed by atoms with Crippen LogP contribution in [0.2, 0.25) is 0 Å². The molecule has 0 aromatic carbocycles. The number of aliphatic hydroxyl groups is 1. The maximum atomic E-state index is 8.85. The van der Waals surface area contributed by atoms with Gasteiger partial charge in [-0.3, -0.25) is 0 Å². The standard InChI is InChI=1S/C20H34O/c1-16(8-6-9-17(2)13-15-21)11-12-19-18(3)10-7-14-20(19,4)5/h8,13,21H,6-7,9-12,14-15H2,1-5H3/b16-8+,17-13+. The van der Waals surface area contributed by atoms with Gasteiger partial charge in [-0.1, -0.05) is 48.3 Å². The van der Waals surface area contributed by atoms with Gasteiger partial charge in [-0.25, -0.2) is 0 Å². The minimum absolute atomic E-state index is 0.164. The van der Waals surface area contributed by atoms with Crippen LogP contribution < -0.4 is 0 Å². The molecule has 1 N–H and O–H groups in total. The van der Waals surface area contributed by atoms with Crippen LogP contribution in [-0.4, -0.2) is 11.7 Å². The lowest BCUT2D eigenvalue weighted by atomic mass is 9.71. The van der Waals surface area contributed by atoms with Gasteiger partial charge in [0.25, 0.3) is 0 Å². The molecule has 1 aliphatic carbocycles. The zero-order chi connectivity index (χ0) is 15.9. The Morgan fingerprint density at radius 3 is 2.43 bits per heavy atom. The van der Waals surface area contributed by atoms with Crippen molar-refractivity contribution in [3.05, 3.63) is 34.4 Å². The molecule has 0 aromatic rings. The van der Waals surface area contributed by atoms with Gasteiger partial charge in [0.05, 0.1) is 6.61 Å². The minimum Gasteiger partial charge on any atom is -0.392 e. The van der Waals surface area contributed by atoms with Gasteiger partial charge in [-0.15, -0.1) is 0 Å². The van der Waals surface area contributed by atoms with Crippen molar-refractivity contribution in [1.82, 2.24) is 0 Å². The first-order valence-electron chi connectivity index (χ1n) is 8.48. The van der Waals surface area contributed by atoms with Gasteiger partial charge in [-0.05, 0) is 71.1 Å². The topological polar surface area (TPSA) is 20.2 Å². The number of aliphatic hydroxyl groups excluding tert-OH is 1. The highest BCUT2D eigenvalue weighted by atomic mass is 16.2. The molecule has 0 fully saturated rings. The van der Waals surface area contributed by atoms with E-state index in [-0.39, 0.29) is 6.61 Å². The largest absolute Gasteiger partial charge is 0.392 e. The number of hydrogen-bond acceptors (Lipinski definition) is 1. The van der Waals surface area contributed by atoms with Gasteiger partial charge in [0.2, 0.25) is 0 Å². The van der Waals surface area contributed by atoms with Crippen molar-refractivity contribution < 1.29 is 5.11 Å². The second-order valence-electron chi connectivity index (χ2n) is 7.32. The summed E-state index contributed by atoms with van der Waals surface area (Å²) in [7, 11) is 0. The second kappa shape index (κ2) is 8.58. The average molecular weight is 290 g/mol. The molecule has 120 valence electrons. The Hall–Kier alpha value is -0.820. The first-order chi connectivity index (χ1) is 9.86. The Morgan fingerprint density at radius 2 is 1.81 bits per heavy atom. The van der Waals surface area contributed by atoms with E-state index >= 15 is 0 Å². The molecule has 0 spiro atoms. The molecule has 0 unspecified atom stereocenters. The van der Waals surface area contributed by atoms with Crippen LogP contribution in [0.3, 0.4) is 0 Å². The maximum absolute atomic E-state index is 8.85. The Bertz CT molecular complexity index is 421. The van der Waals surface area contributed by atoms with Gasteiger partial charge in [0, 0.05) is 0 Å². The molecule has 1 nitrogen and oxygen atoms in total. The van der Waals surface area contributed by atoms with E-state index in [1.54, 1.807) is 11.1 Å². The van der Waals surface area contributed by atoms with E-state index in [0.29, 0.717) is 5.41 Å². The summed E-state index contributed by atoms with van der Waals surface area (Å²) >= 11 is 0. The molecule has 1 rings (SSSR count). The molecule has 1 aliphatic rings. The lowest BCUT2D eigenvalue weighted by Crippen LogP contribution is -2.20. The summed E-state index contributed by atoms with van der Waals surface area (Å²) in [4.78, 5) is 0. The van der Waals surface area contributed by atoms with E-state index in [1.165, 1.54) is 43.3 Å². The summed E-state index contributed by atoms with van der Waals surface area (Å²) in [6, 6.07) is 0. The zero-order valence-corrected chi connectivity index (χ0v) is 14.8. The molecule has 0 heterocycles. The molecule has 0 radical (unpaired) electrons. The fourth-order valence-corrected chi connectivity index (χ4v) is 3.46. The molecule has 21 heavy (non-hydrogen) atoms. The Morgan fingerprint density at radius 1 is 1.14 bits per heavy atom. The van der Waals surface area contributed by atoms with Crippen molar-refractivity contribution in [2.24, 2.45) is 5.41 Å². The van der Waals surface area contributed by atoms with Crippen molar-refractivity contribution in [2.75, 3.05) is 6.61 Å². The van der Waals surface area contributed by atoms with E-state index in [0.717, 1.165) is 12.8 Å². The van der Waals surface area contributed by atoms with E-state index in [4.69, 9.17) is 5.11 Å². The van der Waals surface area contributed by atoms with Crippen molar-refractivity contribution in [3.8, 4) is 0 Å². The number of rotatable bonds is 7. The van der Waals surface area contributed by atoms with Crippen LogP contribution in [0.15, 0.2) is 34.4 Å². The van der Waals surface area contributed by atoms with E-state index in [2.05, 4.69) is 40.7 Å². The number of allylic oxidation sites excluding steroid dienone is 5. The van der Waals surface area contributed by atoms with E-state index < -0.39 is 0 Å². The molecular formula is C20H34O. The molecule has 0 bridgehead atoms. The monoisotopic (exact) mass is 290 g/mol. The summed E-state index contributed by atoms with van der Waals surface area (Å²) < 4.78 is 0. The Balaban J connectivity index is 2.48. The minimum atomic E-state index is 0.164. The van der Waals surface area contributed by atoms with Gasteiger partial charge >= 0.3 is 0 Å². The van der Waals surface area contributed by atoms with Crippen LogP contribution in [0.5, 0.6) is 0 Å². The van der Waals surface area contributed by atoms with Crippen LogP contribution in [0.25, 0.3) is 0 Å². The normalized spacial score (nSPS) is 20.1. The van der Waals surface area contributed by atoms with Crippen LogP contribution in [-0.2, 0) is 0 Å². The average Bonchev–Trinajstić information content (AvgIpc) is 2.37. The van der Waals surface area contributed by atoms with Crippen molar-refractivity contribution in [2.45, 2.75) is 79.6 Å². The molecule has 0 aromatic heterocycles. The lowest BCUT2D eigenvalue weighted by molar-refractivity contribution is 0.341. The van der Waals surface area contributed by atoms with E-state index in [9.17, 15) is 0 Å². The van der Waals surface area contributed by atoms with E-state index in [1.807, 2.05) is 6.08 Å². The van der Waals surface area contributed by atoms with Crippen LogP contribution in [0.4, 0.5) is 0 Å². The molecule has 0 atom stereocenters. The summed E-state index contributed by atoms with van der Waals surface area (Å²) in [5, 5.41) is 8.85. The first kappa shape index (κ1) is 18.2. The molecule has 0 amide bonds. The van der Waals surface area contributed by atoms with Gasteiger partial charge in [0.15, 0.2) is 0 Å². The maximum Gasteiger partial charge on any atom is 0.0614 e. The predicted octanol–water partition coefficient (Wildman–Crippen LogP) is 5.96. The van der Waals surface area contributed by atoms with Crippen molar-refractivity contribution in [3.63, 3.8) is 0 Å². The highest BCUT2D eigenvalue weighted by molar-refractivity contribution is 5.23. The Labute approximate surface area is 131 Å². The third kappa shape index (κ3) is 6.22. The Kier molecular flexibility index (Phi) is 7.45. The van der Waals surface area contributed by atoms with Crippen LogP contribution in [0, 0.1) is 5.41 Å². The number of hydrogen-bond donors (Lipinski definition) is 1. The molecular weight excluding hydrogens is 256 g/mol. The SMILES string of the molecule is CC1=C(CC/C(C)=C/CC/C(C)=C/CO)C(C)(C)CCC1. The smallest absolute Gasteiger partial charge is 0.0614 e. The highest BCUT2D eigenvalue weighted by Gasteiger charge is 2.27. The highest BCUT2D eigenvalue weighted by Crippen LogP contribution is 2.42. The van der Waals surface area contributed by atoms with Crippen molar-refractivity contribution in [1.29, 1.82) is 0 Å². The van der Waals surface area contributed by atoms with Gasteiger partial charge in [-0.2, -0.15) is 0 Å². The van der Waals surface area contributed by atoms with Crippen LogP contribution >= 0.6 is 0 Å². The van der Waals surface area contributed by atoms with Crippen LogP contribution in [0.1, 0.15) is 79.6 Å². The quantitative estimate of drug-likeness (QED) is 0.574.